The third-order valence-corrected chi connectivity index (χ3v) is 4.47. The van der Waals surface area contributed by atoms with E-state index in [1.807, 2.05) is 60.7 Å². The first kappa shape index (κ1) is 15.3. The first-order chi connectivity index (χ1) is 11.0. The van der Waals surface area contributed by atoms with E-state index in [0.29, 0.717) is 12.1 Å². The molecule has 5 heteroatoms. The maximum absolute atomic E-state index is 12.3. The van der Waals surface area contributed by atoms with E-state index in [1.54, 1.807) is 0 Å². The molecule has 0 bridgehead atoms. The number of aromatic nitrogens is 3. The highest BCUT2D eigenvalue weighted by molar-refractivity contribution is 5.98. The molecule has 0 fully saturated rings. The lowest BCUT2D eigenvalue weighted by atomic mass is 10.1. The molecule has 0 radical (unpaired) electrons. The van der Waals surface area contributed by atoms with Crippen LogP contribution in [0.5, 0.6) is 0 Å². The molecule has 0 aliphatic carbocycles. The predicted octanol–water partition coefficient (Wildman–Crippen LogP) is 2.50. The molecule has 3 aromatic rings. The molecule has 1 amide bonds. The van der Waals surface area contributed by atoms with Crippen LogP contribution in [-0.4, -0.2) is 26.8 Å². The van der Waals surface area contributed by atoms with Crippen LogP contribution in [0.25, 0.3) is 10.9 Å². The Balaban J connectivity index is 1.67. The zero-order valence-corrected chi connectivity index (χ0v) is 14.1. The van der Waals surface area contributed by atoms with Crippen molar-refractivity contribution >= 4 is 16.8 Å². The van der Waals surface area contributed by atoms with Crippen molar-refractivity contribution in [1.82, 2.24) is 19.7 Å². The van der Waals surface area contributed by atoms with Gasteiger partial charge in [-0.3, -0.25) is 9.48 Å². The van der Waals surface area contributed by atoms with Gasteiger partial charge in [0.1, 0.15) is 0 Å². The first-order valence-electron chi connectivity index (χ1n) is 7.79. The number of aryl methyl sites for hydroxylation is 3. The summed E-state index contributed by atoms with van der Waals surface area (Å²) in [5.74, 6) is -0.0349. The van der Waals surface area contributed by atoms with E-state index in [2.05, 4.69) is 17.3 Å². The Morgan fingerprint density at radius 1 is 1.22 bits per heavy atom. The number of rotatable bonds is 4. The quantitative estimate of drug-likeness (QED) is 0.805. The average molecular weight is 310 g/mol. The van der Waals surface area contributed by atoms with Gasteiger partial charge in [0.2, 0.25) is 0 Å². The summed E-state index contributed by atoms with van der Waals surface area (Å²) in [6.07, 6.45) is 2.80. The summed E-state index contributed by atoms with van der Waals surface area (Å²) in [6, 6.07) is 7.84. The molecule has 2 aromatic heterocycles. The molecule has 23 heavy (non-hydrogen) atoms. The Hall–Kier alpha value is -2.56. The highest BCUT2D eigenvalue weighted by Crippen LogP contribution is 2.17. The number of hydrogen-bond donors (Lipinski definition) is 1. The van der Waals surface area contributed by atoms with Crippen molar-refractivity contribution < 1.29 is 4.79 Å². The number of nitrogens with zero attached hydrogens (tertiary/aromatic N) is 3. The Bertz CT molecular complexity index is 873. The second-order valence-electron chi connectivity index (χ2n) is 5.98. The number of fused-ring (bicyclic) bond motifs is 1. The lowest BCUT2D eigenvalue weighted by Crippen LogP contribution is -2.25. The van der Waals surface area contributed by atoms with Gasteiger partial charge in [-0.2, -0.15) is 5.10 Å². The Labute approximate surface area is 135 Å². The molecule has 2 heterocycles. The molecule has 1 N–H and O–H groups in total. The molecular weight excluding hydrogens is 288 g/mol. The van der Waals surface area contributed by atoms with Crippen molar-refractivity contribution in [3.8, 4) is 0 Å². The molecule has 0 spiro atoms. The summed E-state index contributed by atoms with van der Waals surface area (Å²) in [6.45, 7) is 4.67. The van der Waals surface area contributed by atoms with Gasteiger partial charge in [0, 0.05) is 43.6 Å². The number of benzene rings is 1. The SMILES string of the molecule is Cc1nn(C)c(C)c1CCNC(=O)c1ccc2ccn(C)c2c1. The number of carbonyl (C=O) groups is 1. The third kappa shape index (κ3) is 2.86. The second-order valence-corrected chi connectivity index (χ2v) is 5.98. The van der Waals surface area contributed by atoms with Crippen LogP contribution in [-0.2, 0) is 20.5 Å². The largest absolute Gasteiger partial charge is 0.352 e. The summed E-state index contributed by atoms with van der Waals surface area (Å²) in [5, 5.41) is 8.55. The molecule has 0 atom stereocenters. The summed E-state index contributed by atoms with van der Waals surface area (Å²) in [5.41, 5.74) is 5.16. The maximum atomic E-state index is 12.3. The number of carbonyl (C=O) groups excluding carboxylic acids is 1. The van der Waals surface area contributed by atoms with Gasteiger partial charge in [-0.1, -0.05) is 6.07 Å². The minimum atomic E-state index is -0.0349. The predicted molar refractivity (Wildman–Crippen MR) is 91.6 cm³/mol. The van der Waals surface area contributed by atoms with Gasteiger partial charge in [0.25, 0.3) is 5.91 Å². The molecular formula is C18H22N4O. The number of amides is 1. The van der Waals surface area contributed by atoms with E-state index in [9.17, 15) is 4.79 Å². The molecule has 1 aromatic carbocycles. The van der Waals surface area contributed by atoms with Crippen LogP contribution in [0.2, 0.25) is 0 Å². The van der Waals surface area contributed by atoms with Crippen molar-refractivity contribution in [1.29, 1.82) is 0 Å². The van der Waals surface area contributed by atoms with Crippen LogP contribution in [0.4, 0.5) is 0 Å². The van der Waals surface area contributed by atoms with Crippen molar-refractivity contribution in [2.45, 2.75) is 20.3 Å². The fourth-order valence-electron chi connectivity index (χ4n) is 2.99. The molecule has 3 rings (SSSR count). The summed E-state index contributed by atoms with van der Waals surface area (Å²) in [7, 11) is 3.93. The van der Waals surface area contributed by atoms with E-state index in [0.717, 1.165) is 28.7 Å². The van der Waals surface area contributed by atoms with Crippen LogP contribution in [0, 0.1) is 13.8 Å². The van der Waals surface area contributed by atoms with E-state index in [1.165, 1.54) is 5.56 Å². The monoisotopic (exact) mass is 310 g/mol. The van der Waals surface area contributed by atoms with Gasteiger partial charge < -0.3 is 9.88 Å². The fourth-order valence-corrected chi connectivity index (χ4v) is 2.99. The Morgan fingerprint density at radius 2 is 2.00 bits per heavy atom. The minimum Gasteiger partial charge on any atom is -0.352 e. The van der Waals surface area contributed by atoms with Crippen molar-refractivity contribution in [3.63, 3.8) is 0 Å². The smallest absolute Gasteiger partial charge is 0.251 e. The molecule has 0 aliphatic heterocycles. The normalized spacial score (nSPS) is 11.1. The van der Waals surface area contributed by atoms with Crippen LogP contribution in [0.15, 0.2) is 30.5 Å². The van der Waals surface area contributed by atoms with E-state index < -0.39 is 0 Å². The summed E-state index contributed by atoms with van der Waals surface area (Å²) < 4.78 is 3.91. The van der Waals surface area contributed by atoms with Gasteiger partial charge in [-0.05, 0) is 49.4 Å². The lowest BCUT2D eigenvalue weighted by Gasteiger charge is -2.07. The highest BCUT2D eigenvalue weighted by atomic mass is 16.1. The van der Waals surface area contributed by atoms with Crippen LogP contribution < -0.4 is 5.32 Å². The molecule has 0 saturated heterocycles. The van der Waals surface area contributed by atoms with Gasteiger partial charge in [0.15, 0.2) is 0 Å². The van der Waals surface area contributed by atoms with Gasteiger partial charge in [-0.25, -0.2) is 0 Å². The molecule has 0 saturated carbocycles. The Morgan fingerprint density at radius 3 is 2.70 bits per heavy atom. The van der Waals surface area contributed by atoms with Gasteiger partial charge >= 0.3 is 0 Å². The first-order valence-corrected chi connectivity index (χ1v) is 7.79. The van der Waals surface area contributed by atoms with Crippen LogP contribution in [0.1, 0.15) is 27.3 Å². The summed E-state index contributed by atoms with van der Waals surface area (Å²) >= 11 is 0. The molecule has 120 valence electrons. The molecule has 5 nitrogen and oxygen atoms in total. The molecule has 0 aliphatic rings. The lowest BCUT2D eigenvalue weighted by molar-refractivity contribution is 0.0954. The van der Waals surface area contributed by atoms with Crippen molar-refractivity contribution in [2.24, 2.45) is 14.1 Å². The van der Waals surface area contributed by atoms with E-state index in [4.69, 9.17) is 0 Å². The molecule has 0 unspecified atom stereocenters. The Kier molecular flexibility index (Phi) is 3.94. The van der Waals surface area contributed by atoms with Crippen LogP contribution >= 0.6 is 0 Å². The van der Waals surface area contributed by atoms with E-state index in [-0.39, 0.29) is 5.91 Å². The van der Waals surface area contributed by atoms with Crippen LogP contribution in [0.3, 0.4) is 0 Å². The maximum Gasteiger partial charge on any atom is 0.251 e. The van der Waals surface area contributed by atoms with Gasteiger partial charge in [-0.15, -0.1) is 0 Å². The third-order valence-electron chi connectivity index (χ3n) is 4.47. The van der Waals surface area contributed by atoms with Crippen molar-refractivity contribution in [2.75, 3.05) is 6.54 Å². The minimum absolute atomic E-state index is 0.0349. The standard InChI is InChI=1S/C18H22N4O/c1-12-16(13(2)22(4)20-12)7-9-19-18(23)15-6-5-14-8-10-21(3)17(14)11-15/h5-6,8,10-11H,7,9H2,1-4H3,(H,19,23). The number of hydrogen-bond acceptors (Lipinski definition) is 2. The zero-order chi connectivity index (χ0) is 16.6. The zero-order valence-electron chi connectivity index (χ0n) is 14.1. The topological polar surface area (TPSA) is 51.9 Å². The van der Waals surface area contributed by atoms with Crippen molar-refractivity contribution in [3.05, 3.63) is 53.0 Å². The fraction of sp³-hybridized carbons (Fsp3) is 0.333. The van der Waals surface area contributed by atoms with Gasteiger partial charge in [0.05, 0.1) is 5.69 Å². The summed E-state index contributed by atoms with van der Waals surface area (Å²) in [4.78, 5) is 12.3. The van der Waals surface area contributed by atoms with E-state index >= 15 is 0 Å². The number of nitrogens with one attached hydrogen (secondary N) is 1. The average Bonchev–Trinajstić information content (AvgIpc) is 3.01. The second kappa shape index (κ2) is 5.91. The highest BCUT2D eigenvalue weighted by Gasteiger charge is 2.11.